The van der Waals surface area contributed by atoms with E-state index >= 15 is 0 Å². The molecule has 0 aromatic heterocycles. The molecule has 1 atom stereocenters. The summed E-state index contributed by atoms with van der Waals surface area (Å²) in [6.45, 7) is 0.966. The van der Waals surface area contributed by atoms with Crippen LogP contribution < -0.4 is 11.3 Å². The zero-order chi connectivity index (χ0) is 12.8. The van der Waals surface area contributed by atoms with Crippen molar-refractivity contribution in [2.24, 2.45) is 5.84 Å². The van der Waals surface area contributed by atoms with Crippen molar-refractivity contribution in [3.8, 4) is 0 Å². The third-order valence-corrected chi connectivity index (χ3v) is 3.38. The van der Waals surface area contributed by atoms with Gasteiger partial charge in [-0.05, 0) is 51.2 Å². The van der Waals surface area contributed by atoms with Gasteiger partial charge in [-0.3, -0.25) is 11.3 Å². The summed E-state index contributed by atoms with van der Waals surface area (Å²) in [7, 11) is 4.06. The van der Waals surface area contributed by atoms with Crippen LogP contribution in [0.25, 0.3) is 0 Å². The lowest BCUT2D eigenvalue weighted by Crippen LogP contribution is -2.38. The van der Waals surface area contributed by atoms with E-state index in [9.17, 15) is 4.39 Å². The zero-order valence-corrected chi connectivity index (χ0v) is 11.8. The maximum Gasteiger partial charge on any atom is 0.124 e. The molecule has 96 valence electrons. The molecular weight excluding hydrogens is 285 g/mol. The minimum absolute atomic E-state index is 0.194. The molecule has 17 heavy (non-hydrogen) atoms. The molecule has 1 rings (SSSR count). The molecule has 3 nitrogen and oxygen atoms in total. The SMILES string of the molecule is CN(C)CCC(Cc1ccc(F)cc1Br)NN. The van der Waals surface area contributed by atoms with Crippen LogP contribution in [-0.4, -0.2) is 31.6 Å². The van der Waals surface area contributed by atoms with E-state index in [1.54, 1.807) is 6.07 Å². The van der Waals surface area contributed by atoms with Gasteiger partial charge in [0.25, 0.3) is 0 Å². The summed E-state index contributed by atoms with van der Waals surface area (Å²) in [5.74, 6) is 5.30. The number of rotatable bonds is 6. The Morgan fingerprint density at radius 3 is 2.71 bits per heavy atom. The van der Waals surface area contributed by atoms with Crippen molar-refractivity contribution in [1.82, 2.24) is 10.3 Å². The first-order chi connectivity index (χ1) is 8.02. The molecule has 0 amide bonds. The molecule has 1 aromatic carbocycles. The standard InChI is InChI=1S/C12H19BrFN3/c1-17(2)6-5-11(16-15)7-9-3-4-10(14)8-12(9)13/h3-4,8,11,16H,5-7,15H2,1-2H3. The van der Waals surface area contributed by atoms with E-state index in [-0.39, 0.29) is 11.9 Å². The van der Waals surface area contributed by atoms with Crippen LogP contribution in [0.3, 0.4) is 0 Å². The Hall–Kier alpha value is -0.490. The average Bonchev–Trinajstić information content (AvgIpc) is 2.26. The number of nitrogens with zero attached hydrogens (tertiary/aromatic N) is 1. The second-order valence-corrected chi connectivity index (χ2v) is 5.25. The van der Waals surface area contributed by atoms with Crippen LogP contribution >= 0.6 is 15.9 Å². The van der Waals surface area contributed by atoms with Crippen molar-refractivity contribution >= 4 is 15.9 Å². The van der Waals surface area contributed by atoms with Gasteiger partial charge in [-0.25, -0.2) is 4.39 Å². The van der Waals surface area contributed by atoms with Gasteiger partial charge >= 0.3 is 0 Å². The van der Waals surface area contributed by atoms with Crippen LogP contribution in [-0.2, 0) is 6.42 Å². The van der Waals surface area contributed by atoms with Gasteiger partial charge in [0, 0.05) is 10.5 Å². The maximum absolute atomic E-state index is 12.9. The van der Waals surface area contributed by atoms with Gasteiger partial charge in [-0.15, -0.1) is 0 Å². The quantitative estimate of drug-likeness (QED) is 0.623. The van der Waals surface area contributed by atoms with Gasteiger partial charge in [0.2, 0.25) is 0 Å². The summed E-state index contributed by atoms with van der Waals surface area (Å²) in [5, 5.41) is 0. The molecule has 0 heterocycles. The Morgan fingerprint density at radius 1 is 1.47 bits per heavy atom. The van der Waals surface area contributed by atoms with Gasteiger partial charge in [-0.2, -0.15) is 0 Å². The number of hydrogen-bond donors (Lipinski definition) is 2. The smallest absolute Gasteiger partial charge is 0.124 e. The number of hydrazine groups is 1. The highest BCUT2D eigenvalue weighted by molar-refractivity contribution is 9.10. The Morgan fingerprint density at radius 2 is 2.18 bits per heavy atom. The normalized spacial score (nSPS) is 13.1. The predicted molar refractivity (Wildman–Crippen MR) is 72.1 cm³/mol. The van der Waals surface area contributed by atoms with Crippen LogP contribution in [0.4, 0.5) is 4.39 Å². The van der Waals surface area contributed by atoms with Gasteiger partial charge in [0.1, 0.15) is 5.82 Å². The van der Waals surface area contributed by atoms with Crippen molar-refractivity contribution in [1.29, 1.82) is 0 Å². The second kappa shape index (κ2) is 7.06. The lowest BCUT2D eigenvalue weighted by atomic mass is 10.0. The molecule has 0 aliphatic heterocycles. The van der Waals surface area contributed by atoms with E-state index in [0.717, 1.165) is 29.4 Å². The molecule has 0 aliphatic carbocycles. The number of benzene rings is 1. The number of nitrogens with two attached hydrogens (primary N) is 1. The van der Waals surface area contributed by atoms with Gasteiger partial charge in [0.15, 0.2) is 0 Å². The van der Waals surface area contributed by atoms with Crippen molar-refractivity contribution in [3.05, 3.63) is 34.1 Å². The molecule has 1 aromatic rings. The highest BCUT2D eigenvalue weighted by Gasteiger charge is 2.10. The summed E-state index contributed by atoms with van der Waals surface area (Å²) in [6, 6.07) is 4.94. The summed E-state index contributed by atoms with van der Waals surface area (Å²) < 4.78 is 13.7. The minimum atomic E-state index is -0.230. The lowest BCUT2D eigenvalue weighted by molar-refractivity contribution is 0.358. The van der Waals surface area contributed by atoms with Gasteiger partial charge < -0.3 is 4.90 Å². The highest BCUT2D eigenvalue weighted by atomic mass is 79.9. The van der Waals surface area contributed by atoms with E-state index in [1.165, 1.54) is 12.1 Å². The predicted octanol–water partition coefficient (Wildman–Crippen LogP) is 1.91. The minimum Gasteiger partial charge on any atom is -0.309 e. The van der Waals surface area contributed by atoms with E-state index in [4.69, 9.17) is 5.84 Å². The molecule has 0 spiro atoms. The molecular formula is C12H19BrFN3. The van der Waals surface area contributed by atoms with Crippen molar-refractivity contribution in [2.75, 3.05) is 20.6 Å². The van der Waals surface area contributed by atoms with Crippen LogP contribution in [0, 0.1) is 5.82 Å². The van der Waals surface area contributed by atoms with E-state index < -0.39 is 0 Å². The van der Waals surface area contributed by atoms with E-state index in [2.05, 4.69) is 26.3 Å². The first-order valence-electron chi connectivity index (χ1n) is 5.57. The van der Waals surface area contributed by atoms with Crippen LogP contribution in [0.5, 0.6) is 0 Å². The Labute approximate surface area is 110 Å². The van der Waals surface area contributed by atoms with Gasteiger partial charge in [0.05, 0.1) is 0 Å². The molecule has 0 saturated heterocycles. The summed E-state index contributed by atoms with van der Waals surface area (Å²) in [6.07, 6.45) is 1.73. The third-order valence-electron chi connectivity index (χ3n) is 2.64. The highest BCUT2D eigenvalue weighted by Crippen LogP contribution is 2.20. The average molecular weight is 304 g/mol. The summed E-state index contributed by atoms with van der Waals surface area (Å²) >= 11 is 3.37. The molecule has 0 saturated carbocycles. The molecule has 0 bridgehead atoms. The molecule has 0 aliphatic rings. The van der Waals surface area contributed by atoms with E-state index in [0.29, 0.717) is 0 Å². The van der Waals surface area contributed by atoms with Crippen molar-refractivity contribution < 1.29 is 4.39 Å². The maximum atomic E-state index is 12.9. The van der Waals surface area contributed by atoms with Crippen molar-refractivity contribution in [2.45, 2.75) is 18.9 Å². The fourth-order valence-corrected chi connectivity index (χ4v) is 2.12. The van der Waals surface area contributed by atoms with Crippen LogP contribution in [0.1, 0.15) is 12.0 Å². The molecule has 3 N–H and O–H groups in total. The number of halogens is 2. The largest absolute Gasteiger partial charge is 0.309 e. The summed E-state index contributed by atoms with van der Waals surface area (Å²) in [5.41, 5.74) is 3.87. The Bertz CT molecular complexity index is 358. The molecule has 1 unspecified atom stereocenters. The second-order valence-electron chi connectivity index (χ2n) is 4.40. The first kappa shape index (κ1) is 14.6. The van der Waals surface area contributed by atoms with Crippen LogP contribution in [0.15, 0.2) is 22.7 Å². The zero-order valence-electron chi connectivity index (χ0n) is 10.2. The number of nitrogens with one attached hydrogen (secondary N) is 1. The van der Waals surface area contributed by atoms with E-state index in [1.807, 2.05) is 14.1 Å². The monoisotopic (exact) mass is 303 g/mol. The fraction of sp³-hybridized carbons (Fsp3) is 0.500. The van der Waals surface area contributed by atoms with Crippen molar-refractivity contribution in [3.63, 3.8) is 0 Å². The molecule has 0 fully saturated rings. The summed E-state index contributed by atoms with van der Waals surface area (Å²) in [4.78, 5) is 2.12. The Balaban J connectivity index is 2.60. The fourth-order valence-electron chi connectivity index (χ4n) is 1.61. The van der Waals surface area contributed by atoms with Gasteiger partial charge in [-0.1, -0.05) is 22.0 Å². The van der Waals surface area contributed by atoms with Crippen LogP contribution in [0.2, 0.25) is 0 Å². The third kappa shape index (κ3) is 5.12. The topological polar surface area (TPSA) is 41.3 Å². The number of hydrogen-bond acceptors (Lipinski definition) is 3. The lowest BCUT2D eigenvalue weighted by Gasteiger charge is -2.19. The first-order valence-corrected chi connectivity index (χ1v) is 6.37. The molecule has 5 heteroatoms. The Kier molecular flexibility index (Phi) is 6.05. The molecule has 0 radical (unpaired) electrons.